The van der Waals surface area contributed by atoms with E-state index in [1.165, 1.54) is 12.4 Å². The molecule has 6 heteroatoms. The van der Waals surface area contributed by atoms with Gasteiger partial charge in [0.1, 0.15) is 5.75 Å². The second-order valence-corrected chi connectivity index (χ2v) is 6.77. The zero-order valence-electron chi connectivity index (χ0n) is 12.9. The van der Waals surface area contributed by atoms with Crippen molar-refractivity contribution in [3.05, 3.63) is 18.0 Å². The van der Waals surface area contributed by atoms with Gasteiger partial charge in [0, 0.05) is 17.2 Å². The summed E-state index contributed by atoms with van der Waals surface area (Å²) in [6.07, 6.45) is 2.86. The van der Waals surface area contributed by atoms with Crippen molar-refractivity contribution in [3.63, 3.8) is 0 Å². The van der Waals surface area contributed by atoms with Crippen LogP contribution in [-0.2, 0) is 14.9 Å². The van der Waals surface area contributed by atoms with Gasteiger partial charge in [0.05, 0.1) is 23.0 Å². The minimum Gasteiger partial charge on any atom is -0.507 e. The van der Waals surface area contributed by atoms with E-state index in [9.17, 15) is 10.2 Å². The fraction of sp³-hybridized carbons (Fsp3) is 0.643. The summed E-state index contributed by atoms with van der Waals surface area (Å²) in [6, 6.07) is 0. The number of nitrogens with zero attached hydrogens (tertiary/aromatic N) is 1. The zero-order valence-corrected chi connectivity index (χ0v) is 12.9. The van der Waals surface area contributed by atoms with Crippen LogP contribution in [0.4, 0.5) is 0 Å². The molecule has 1 aromatic heterocycles. The topological polar surface area (TPSA) is 71.8 Å². The minimum atomic E-state index is -1.15. The lowest BCUT2D eigenvalue weighted by molar-refractivity contribution is 0.00578. The molecule has 0 spiro atoms. The molecule has 0 aromatic carbocycles. The van der Waals surface area contributed by atoms with E-state index >= 15 is 0 Å². The van der Waals surface area contributed by atoms with Crippen molar-refractivity contribution in [2.75, 3.05) is 0 Å². The Balaban J connectivity index is 2.50. The van der Waals surface area contributed by atoms with E-state index in [2.05, 4.69) is 4.98 Å². The Labute approximate surface area is 120 Å². The average Bonchev–Trinajstić information content (AvgIpc) is 2.46. The van der Waals surface area contributed by atoms with Gasteiger partial charge >= 0.3 is 7.12 Å². The molecule has 0 saturated carbocycles. The number of aromatic nitrogens is 1. The Kier molecular flexibility index (Phi) is 3.40. The highest BCUT2D eigenvalue weighted by molar-refractivity contribution is 6.63. The van der Waals surface area contributed by atoms with Crippen LogP contribution in [0, 0.1) is 0 Å². The van der Waals surface area contributed by atoms with Gasteiger partial charge in [-0.05, 0) is 41.5 Å². The molecule has 110 valence electrons. The van der Waals surface area contributed by atoms with Gasteiger partial charge in [-0.3, -0.25) is 4.98 Å². The third-order valence-electron chi connectivity index (χ3n) is 4.11. The summed E-state index contributed by atoms with van der Waals surface area (Å²) in [5.41, 5.74) is -1.23. The number of hydrogen-bond acceptors (Lipinski definition) is 5. The molecule has 1 saturated heterocycles. The van der Waals surface area contributed by atoms with Crippen LogP contribution in [0.1, 0.15) is 47.1 Å². The van der Waals surface area contributed by atoms with Crippen molar-refractivity contribution in [1.82, 2.24) is 4.98 Å². The Morgan fingerprint density at radius 1 is 1.10 bits per heavy atom. The van der Waals surface area contributed by atoms with Crippen LogP contribution in [0.25, 0.3) is 0 Å². The van der Waals surface area contributed by atoms with Gasteiger partial charge in [-0.25, -0.2) is 0 Å². The molecule has 0 radical (unpaired) electrons. The predicted octanol–water partition coefficient (Wildman–Crippen LogP) is 1.31. The highest BCUT2D eigenvalue weighted by Gasteiger charge is 2.53. The Morgan fingerprint density at radius 2 is 1.60 bits per heavy atom. The molecule has 0 amide bonds. The number of rotatable bonds is 2. The van der Waals surface area contributed by atoms with Gasteiger partial charge in [0.25, 0.3) is 0 Å². The quantitative estimate of drug-likeness (QED) is 0.799. The summed E-state index contributed by atoms with van der Waals surface area (Å²) in [7, 11) is -0.732. The van der Waals surface area contributed by atoms with E-state index in [0.29, 0.717) is 11.0 Å². The maximum atomic E-state index is 10.3. The fourth-order valence-electron chi connectivity index (χ4n) is 2.16. The highest BCUT2D eigenvalue weighted by atomic mass is 16.7. The molecule has 5 nitrogen and oxygen atoms in total. The molecule has 1 aliphatic heterocycles. The van der Waals surface area contributed by atoms with Crippen LogP contribution < -0.4 is 5.46 Å². The van der Waals surface area contributed by atoms with E-state index in [0.717, 1.165) is 0 Å². The second kappa shape index (κ2) is 4.45. The second-order valence-electron chi connectivity index (χ2n) is 6.77. The first kappa shape index (κ1) is 15.3. The molecule has 0 atom stereocenters. The van der Waals surface area contributed by atoms with E-state index < -0.39 is 23.9 Å². The van der Waals surface area contributed by atoms with Crippen LogP contribution in [0.15, 0.2) is 12.4 Å². The summed E-state index contributed by atoms with van der Waals surface area (Å²) >= 11 is 0. The number of aromatic hydroxyl groups is 1. The van der Waals surface area contributed by atoms with Crippen molar-refractivity contribution in [1.29, 1.82) is 0 Å². The summed E-state index contributed by atoms with van der Waals surface area (Å²) < 4.78 is 11.9. The molecule has 2 N–H and O–H groups in total. The average molecular weight is 279 g/mol. The zero-order chi connectivity index (χ0) is 15.3. The van der Waals surface area contributed by atoms with Gasteiger partial charge in [-0.1, -0.05) is 0 Å². The van der Waals surface area contributed by atoms with Crippen LogP contribution in [0.3, 0.4) is 0 Å². The maximum absolute atomic E-state index is 10.3. The van der Waals surface area contributed by atoms with Gasteiger partial charge < -0.3 is 19.5 Å². The monoisotopic (exact) mass is 279 g/mol. The van der Waals surface area contributed by atoms with Crippen molar-refractivity contribution in [2.45, 2.75) is 58.3 Å². The van der Waals surface area contributed by atoms with Gasteiger partial charge in [0.15, 0.2) is 0 Å². The largest absolute Gasteiger partial charge is 0.507 e. The molecule has 2 rings (SSSR count). The SMILES string of the molecule is CC(C)(O)c1cncc(O)c1B1OC(C)(C)C(C)(C)O1. The van der Waals surface area contributed by atoms with Crippen LogP contribution in [0.2, 0.25) is 0 Å². The van der Waals surface area contributed by atoms with E-state index in [1.807, 2.05) is 27.7 Å². The minimum absolute atomic E-state index is 0.0388. The van der Waals surface area contributed by atoms with Crippen LogP contribution >= 0.6 is 0 Å². The van der Waals surface area contributed by atoms with Crippen molar-refractivity contribution >= 4 is 12.6 Å². The number of pyridine rings is 1. The summed E-state index contributed by atoms with van der Waals surface area (Å²) in [4.78, 5) is 3.93. The predicted molar refractivity (Wildman–Crippen MR) is 76.9 cm³/mol. The first-order chi connectivity index (χ1) is 8.96. The van der Waals surface area contributed by atoms with Crippen molar-refractivity contribution < 1.29 is 19.5 Å². The number of aliphatic hydroxyl groups is 1. The molecule has 1 aliphatic rings. The van der Waals surface area contributed by atoms with Gasteiger partial charge in [0.2, 0.25) is 0 Å². The molecular formula is C14H22BNO4. The molecule has 20 heavy (non-hydrogen) atoms. The smallest absolute Gasteiger partial charge is 0.499 e. The molecule has 0 aliphatic carbocycles. The molecule has 1 aromatic rings. The molecule has 1 fully saturated rings. The van der Waals surface area contributed by atoms with E-state index in [4.69, 9.17) is 9.31 Å². The van der Waals surface area contributed by atoms with Crippen LogP contribution in [0.5, 0.6) is 5.75 Å². The van der Waals surface area contributed by atoms with E-state index in [-0.39, 0.29) is 5.75 Å². The van der Waals surface area contributed by atoms with Crippen molar-refractivity contribution in [3.8, 4) is 5.75 Å². The lowest BCUT2D eigenvalue weighted by Crippen LogP contribution is -2.41. The Morgan fingerprint density at radius 3 is 2.05 bits per heavy atom. The number of hydrogen-bond donors (Lipinski definition) is 2. The normalized spacial score (nSPS) is 21.2. The first-order valence-corrected chi connectivity index (χ1v) is 6.71. The van der Waals surface area contributed by atoms with E-state index in [1.54, 1.807) is 13.8 Å². The molecule has 2 heterocycles. The molecule has 0 bridgehead atoms. The van der Waals surface area contributed by atoms with Gasteiger partial charge in [-0.2, -0.15) is 0 Å². The molecule has 0 unspecified atom stereocenters. The standard InChI is InChI=1S/C14H22BNO4/c1-12(2,18)9-7-16-8-10(17)11(9)15-19-13(3,4)14(5,6)20-15/h7-8,17-18H,1-6H3. The Hall–Kier alpha value is -1.11. The Bertz CT molecular complexity index is 506. The van der Waals surface area contributed by atoms with Crippen molar-refractivity contribution in [2.24, 2.45) is 0 Å². The summed E-state index contributed by atoms with van der Waals surface area (Å²) in [5.74, 6) is -0.0388. The summed E-state index contributed by atoms with van der Waals surface area (Å²) in [6.45, 7) is 11.0. The first-order valence-electron chi connectivity index (χ1n) is 6.71. The molecular weight excluding hydrogens is 257 g/mol. The van der Waals surface area contributed by atoms with Crippen LogP contribution in [-0.4, -0.2) is 33.5 Å². The lowest BCUT2D eigenvalue weighted by Gasteiger charge is -2.32. The highest BCUT2D eigenvalue weighted by Crippen LogP contribution is 2.38. The fourth-order valence-corrected chi connectivity index (χ4v) is 2.16. The summed E-state index contributed by atoms with van der Waals surface area (Å²) in [5, 5.41) is 20.4. The van der Waals surface area contributed by atoms with Gasteiger partial charge in [-0.15, -0.1) is 0 Å². The lowest BCUT2D eigenvalue weighted by atomic mass is 9.72. The third kappa shape index (κ3) is 2.43. The maximum Gasteiger partial charge on any atom is 0.499 e. The third-order valence-corrected chi connectivity index (χ3v) is 4.11.